The molecular weight excluding hydrogens is 661 g/mol. The van der Waals surface area contributed by atoms with E-state index < -0.39 is 58.5 Å². The van der Waals surface area contributed by atoms with Crippen LogP contribution in [-0.4, -0.2) is 71.8 Å². The van der Waals surface area contributed by atoms with Crippen molar-refractivity contribution in [1.82, 2.24) is 26.6 Å². The van der Waals surface area contributed by atoms with Gasteiger partial charge in [-0.1, -0.05) is 36.8 Å². The van der Waals surface area contributed by atoms with Crippen LogP contribution in [0.3, 0.4) is 0 Å². The monoisotopic (exact) mass is 697 g/mol. The zero-order valence-electron chi connectivity index (χ0n) is 25.8. The van der Waals surface area contributed by atoms with Crippen LogP contribution in [0.4, 0.5) is 26.7 Å². The van der Waals surface area contributed by atoms with Crippen molar-refractivity contribution in [3.8, 4) is 0 Å². The highest BCUT2D eigenvalue weighted by Gasteiger charge is 2.42. The van der Waals surface area contributed by atoms with E-state index in [4.69, 9.17) is 0 Å². The summed E-state index contributed by atoms with van der Waals surface area (Å²) in [6.45, 7) is 0.340. The normalized spacial score (nSPS) is 19.4. The van der Waals surface area contributed by atoms with E-state index >= 15 is 0 Å². The molecule has 10 nitrogen and oxygen atoms in total. The zero-order valence-corrected chi connectivity index (χ0v) is 26.6. The van der Waals surface area contributed by atoms with Gasteiger partial charge in [0.25, 0.3) is 5.91 Å². The van der Waals surface area contributed by atoms with Gasteiger partial charge in [-0.15, -0.1) is 0 Å². The first kappa shape index (κ1) is 36.6. The number of aldehydes is 1. The molecule has 48 heavy (non-hydrogen) atoms. The third kappa shape index (κ3) is 9.45. The molecule has 5 amide bonds. The Morgan fingerprint density at radius 2 is 1.58 bits per heavy atom. The smallest absolute Gasteiger partial charge is 0.315 e. The second-order valence-corrected chi connectivity index (χ2v) is 12.9. The molecule has 2 heterocycles. The maximum atomic E-state index is 14.3. The van der Waals surface area contributed by atoms with Crippen molar-refractivity contribution < 1.29 is 45.9 Å². The second kappa shape index (κ2) is 17.3. The van der Waals surface area contributed by atoms with E-state index in [0.29, 0.717) is 49.3 Å². The average Bonchev–Trinajstić information content (AvgIpc) is 3.63. The van der Waals surface area contributed by atoms with Crippen LogP contribution in [0.15, 0.2) is 30.3 Å². The SMILES string of the molecule is O=C[C@H](CCCCNC(=O)CCCC[C@@H]1SC[C@@H]2NC(=O)N[C@@H]21)NC(=O)[C@H](Cc1ccccc1)NC(=O)c1c(F)c(F)c(F)c(F)c1F. The number of nitrogens with one attached hydrogen (secondary N) is 5. The molecule has 16 heteroatoms. The highest BCUT2D eigenvalue weighted by Crippen LogP contribution is 2.33. The summed E-state index contributed by atoms with van der Waals surface area (Å²) >= 11 is 1.82. The van der Waals surface area contributed by atoms with Gasteiger partial charge in [-0.05, 0) is 37.7 Å². The van der Waals surface area contributed by atoms with Crippen molar-refractivity contribution in [1.29, 1.82) is 0 Å². The maximum absolute atomic E-state index is 14.3. The number of urea groups is 1. The highest BCUT2D eigenvalue weighted by molar-refractivity contribution is 8.00. The Balaban J connectivity index is 1.21. The number of carbonyl (C=O) groups excluding carboxylic acids is 5. The van der Waals surface area contributed by atoms with Crippen molar-refractivity contribution in [2.24, 2.45) is 0 Å². The standard InChI is InChI=1S/C32H36F5N5O5S/c33-24-23(25(34)27(36)28(37)26(24)35)31(46)40-19(14-17-8-2-1-3-9-17)30(45)39-18(15-43)10-6-7-13-38-22(44)12-5-4-11-21-29-20(16-48-21)41-32(47)42-29/h1-3,8-9,15,18-21,29H,4-7,10-14,16H2,(H,38,44)(H,39,45)(H,40,46)(H2,41,42,47)/t18-,19-,20-,21-,29-/m0/s1. The van der Waals surface area contributed by atoms with E-state index in [2.05, 4.69) is 21.3 Å². The van der Waals surface area contributed by atoms with Crippen molar-refractivity contribution in [2.75, 3.05) is 12.3 Å². The minimum absolute atomic E-state index is 0.115. The Labute approximate surface area is 277 Å². The van der Waals surface area contributed by atoms with Gasteiger partial charge >= 0.3 is 6.03 Å². The van der Waals surface area contributed by atoms with E-state index in [1.165, 1.54) is 0 Å². The molecule has 0 saturated carbocycles. The lowest BCUT2D eigenvalue weighted by Gasteiger charge is -2.21. The van der Waals surface area contributed by atoms with Gasteiger partial charge in [-0.2, -0.15) is 11.8 Å². The molecule has 2 fully saturated rings. The lowest BCUT2D eigenvalue weighted by molar-refractivity contribution is -0.125. The Kier molecular flexibility index (Phi) is 13.2. The fourth-order valence-electron chi connectivity index (χ4n) is 5.63. The maximum Gasteiger partial charge on any atom is 0.315 e. The molecule has 2 aromatic carbocycles. The minimum atomic E-state index is -2.43. The van der Waals surface area contributed by atoms with E-state index in [-0.39, 0.29) is 36.9 Å². The van der Waals surface area contributed by atoms with Gasteiger partial charge in [0, 0.05) is 30.4 Å². The Morgan fingerprint density at radius 1 is 0.896 bits per heavy atom. The van der Waals surface area contributed by atoms with Gasteiger partial charge in [0.1, 0.15) is 17.9 Å². The molecule has 2 saturated heterocycles. The van der Waals surface area contributed by atoms with Gasteiger partial charge < -0.3 is 31.4 Å². The molecule has 2 aliphatic heterocycles. The van der Waals surface area contributed by atoms with Gasteiger partial charge in [0.2, 0.25) is 17.6 Å². The number of thioether (sulfide) groups is 1. The van der Waals surface area contributed by atoms with Gasteiger partial charge in [-0.25, -0.2) is 26.7 Å². The first-order chi connectivity index (χ1) is 23.0. The molecule has 2 aromatic rings. The lowest BCUT2D eigenvalue weighted by atomic mass is 10.0. The largest absolute Gasteiger partial charge is 0.356 e. The highest BCUT2D eigenvalue weighted by atomic mass is 32.2. The Morgan fingerprint density at radius 3 is 2.27 bits per heavy atom. The van der Waals surface area contributed by atoms with Crippen LogP contribution in [0, 0.1) is 29.1 Å². The minimum Gasteiger partial charge on any atom is -0.356 e. The second-order valence-electron chi connectivity index (χ2n) is 11.6. The van der Waals surface area contributed by atoms with E-state index in [9.17, 15) is 45.9 Å². The van der Waals surface area contributed by atoms with Crippen LogP contribution in [0.5, 0.6) is 0 Å². The summed E-state index contributed by atoms with van der Waals surface area (Å²) in [6.07, 6.45) is 4.12. The Hall–Kier alpha value is -4.21. The van der Waals surface area contributed by atoms with Gasteiger partial charge in [-0.3, -0.25) is 14.4 Å². The number of hydrogen-bond donors (Lipinski definition) is 5. The van der Waals surface area contributed by atoms with E-state index in [1.54, 1.807) is 30.3 Å². The number of carbonyl (C=O) groups is 5. The van der Waals surface area contributed by atoms with Crippen LogP contribution < -0.4 is 26.6 Å². The molecule has 5 atom stereocenters. The third-order valence-electron chi connectivity index (χ3n) is 8.18. The molecule has 260 valence electrons. The average molecular weight is 698 g/mol. The molecule has 4 rings (SSSR count). The molecule has 0 unspecified atom stereocenters. The van der Waals surface area contributed by atoms with E-state index in [0.717, 1.165) is 18.6 Å². The van der Waals surface area contributed by atoms with Crippen molar-refractivity contribution in [2.45, 2.75) is 80.8 Å². The first-order valence-corrected chi connectivity index (χ1v) is 16.6. The number of benzene rings is 2. The number of rotatable bonds is 17. The quantitative estimate of drug-likeness (QED) is 0.0428. The summed E-state index contributed by atoms with van der Waals surface area (Å²) in [6, 6.07) is 5.69. The molecule has 0 spiro atoms. The lowest BCUT2D eigenvalue weighted by Crippen LogP contribution is -2.51. The summed E-state index contributed by atoms with van der Waals surface area (Å²) < 4.78 is 69.4. The molecule has 5 N–H and O–H groups in total. The fraction of sp³-hybridized carbons (Fsp3) is 0.469. The number of hydrogen-bond acceptors (Lipinski definition) is 6. The first-order valence-electron chi connectivity index (χ1n) is 15.6. The third-order valence-corrected chi connectivity index (χ3v) is 9.69. The van der Waals surface area contributed by atoms with Gasteiger partial charge in [0.05, 0.1) is 18.1 Å². The molecule has 0 radical (unpaired) electrons. The van der Waals surface area contributed by atoms with E-state index in [1.807, 2.05) is 17.1 Å². The zero-order chi connectivity index (χ0) is 34.8. The molecule has 2 aliphatic rings. The molecular formula is C32H36F5N5O5S. The Bertz CT molecular complexity index is 1470. The predicted octanol–water partition coefficient (Wildman–Crippen LogP) is 3.42. The summed E-state index contributed by atoms with van der Waals surface area (Å²) in [7, 11) is 0. The summed E-state index contributed by atoms with van der Waals surface area (Å²) in [5.41, 5.74) is -1.24. The predicted molar refractivity (Wildman–Crippen MR) is 166 cm³/mol. The van der Waals surface area contributed by atoms with Gasteiger partial charge in [0.15, 0.2) is 23.3 Å². The fourth-order valence-corrected chi connectivity index (χ4v) is 7.17. The number of halogens is 5. The number of amides is 5. The van der Waals surface area contributed by atoms with Crippen LogP contribution in [0.1, 0.15) is 60.9 Å². The number of unbranched alkanes of at least 4 members (excludes halogenated alkanes) is 2. The topological polar surface area (TPSA) is 146 Å². The molecule has 0 aromatic heterocycles. The van der Waals surface area contributed by atoms with Crippen molar-refractivity contribution in [3.05, 3.63) is 70.5 Å². The van der Waals surface area contributed by atoms with Crippen LogP contribution in [-0.2, 0) is 20.8 Å². The van der Waals surface area contributed by atoms with Crippen LogP contribution >= 0.6 is 11.8 Å². The van der Waals surface area contributed by atoms with Crippen LogP contribution in [0.25, 0.3) is 0 Å². The summed E-state index contributed by atoms with van der Waals surface area (Å²) in [5.74, 6) is -13.6. The molecule has 0 aliphatic carbocycles. The number of fused-ring (bicyclic) bond motifs is 1. The molecule has 0 bridgehead atoms. The summed E-state index contributed by atoms with van der Waals surface area (Å²) in [5, 5.41) is 13.5. The van der Waals surface area contributed by atoms with Crippen LogP contribution in [0.2, 0.25) is 0 Å². The summed E-state index contributed by atoms with van der Waals surface area (Å²) in [4.78, 5) is 61.3. The van der Waals surface area contributed by atoms with Crippen molar-refractivity contribution in [3.63, 3.8) is 0 Å². The van der Waals surface area contributed by atoms with Crippen molar-refractivity contribution >= 4 is 41.8 Å².